The van der Waals surface area contributed by atoms with E-state index in [9.17, 15) is 5.11 Å². The number of hydrogen-bond acceptors (Lipinski definition) is 4. The van der Waals surface area contributed by atoms with E-state index in [4.69, 9.17) is 0 Å². The molecule has 2 N–H and O–H groups in total. The van der Waals surface area contributed by atoms with Crippen molar-refractivity contribution in [2.24, 2.45) is 0 Å². The van der Waals surface area contributed by atoms with E-state index >= 15 is 0 Å². The van der Waals surface area contributed by atoms with Crippen LogP contribution in [0.25, 0.3) is 0 Å². The summed E-state index contributed by atoms with van der Waals surface area (Å²) >= 11 is 0. The summed E-state index contributed by atoms with van der Waals surface area (Å²) in [5.41, 5.74) is 0.215. The van der Waals surface area contributed by atoms with E-state index in [1.165, 1.54) is 0 Å². The van der Waals surface area contributed by atoms with Gasteiger partial charge in [0.25, 0.3) is 0 Å². The number of likely N-dealkylation sites (N-methyl/N-ethyl adjacent to an activating group) is 1. The second-order valence-electron chi connectivity index (χ2n) is 4.75. The van der Waals surface area contributed by atoms with Crippen molar-refractivity contribution in [3.05, 3.63) is 23.9 Å². The van der Waals surface area contributed by atoms with Crippen molar-refractivity contribution in [1.29, 1.82) is 0 Å². The zero-order valence-corrected chi connectivity index (χ0v) is 10.5. The van der Waals surface area contributed by atoms with E-state index in [2.05, 4.69) is 10.3 Å². The Bertz CT molecular complexity index is 337. The van der Waals surface area contributed by atoms with Gasteiger partial charge in [0.1, 0.15) is 5.82 Å². The molecule has 4 heteroatoms. The predicted molar refractivity (Wildman–Crippen MR) is 66.6 cm³/mol. The van der Waals surface area contributed by atoms with Crippen molar-refractivity contribution in [3.63, 3.8) is 0 Å². The van der Waals surface area contributed by atoms with Gasteiger partial charge < -0.3 is 15.3 Å². The molecule has 0 fully saturated rings. The van der Waals surface area contributed by atoms with Crippen molar-refractivity contribution < 1.29 is 5.11 Å². The van der Waals surface area contributed by atoms with Crippen LogP contribution in [0.15, 0.2) is 18.2 Å². The Balaban J connectivity index is 2.50. The highest BCUT2D eigenvalue weighted by Crippen LogP contribution is 2.08. The Kier molecular flexibility index (Phi) is 4.26. The molecule has 1 unspecified atom stereocenters. The molecular formula is C12H21N3O. The highest BCUT2D eigenvalue weighted by Gasteiger charge is 2.20. The molecule has 1 aromatic heterocycles. The number of anilines is 1. The van der Waals surface area contributed by atoms with E-state index in [1.54, 1.807) is 0 Å². The highest BCUT2D eigenvalue weighted by atomic mass is 16.3. The summed E-state index contributed by atoms with van der Waals surface area (Å²) in [7, 11) is 3.89. The fraction of sp³-hybridized carbons (Fsp3) is 0.583. The SMILES string of the molecule is Cc1cccc(NCC(C)(O)CN(C)C)n1. The zero-order chi connectivity index (χ0) is 12.2. The minimum absolute atomic E-state index is 0.488. The van der Waals surface area contributed by atoms with Gasteiger partial charge in [-0.2, -0.15) is 0 Å². The highest BCUT2D eigenvalue weighted by molar-refractivity contribution is 5.35. The Hall–Kier alpha value is -1.13. The van der Waals surface area contributed by atoms with Crippen LogP contribution >= 0.6 is 0 Å². The van der Waals surface area contributed by atoms with Crippen LogP contribution in [0.2, 0.25) is 0 Å². The lowest BCUT2D eigenvalue weighted by Gasteiger charge is -2.27. The van der Waals surface area contributed by atoms with E-state index in [0.29, 0.717) is 13.1 Å². The van der Waals surface area contributed by atoms with Gasteiger partial charge in [0.15, 0.2) is 0 Å². The quantitative estimate of drug-likeness (QED) is 0.785. The molecule has 0 spiro atoms. The summed E-state index contributed by atoms with van der Waals surface area (Å²) in [4.78, 5) is 6.28. The number of rotatable bonds is 5. The van der Waals surface area contributed by atoms with Crippen molar-refractivity contribution >= 4 is 5.82 Å². The Morgan fingerprint density at radius 1 is 1.44 bits per heavy atom. The minimum atomic E-state index is -0.755. The predicted octanol–water partition coefficient (Wildman–Crippen LogP) is 1.11. The lowest BCUT2D eigenvalue weighted by Crippen LogP contribution is -2.43. The van der Waals surface area contributed by atoms with E-state index in [0.717, 1.165) is 11.5 Å². The fourth-order valence-electron chi connectivity index (χ4n) is 1.66. The number of aromatic nitrogens is 1. The molecule has 4 nitrogen and oxygen atoms in total. The van der Waals surface area contributed by atoms with Gasteiger partial charge in [-0.1, -0.05) is 6.07 Å². The average molecular weight is 223 g/mol. The van der Waals surface area contributed by atoms with Gasteiger partial charge in [-0.25, -0.2) is 4.98 Å². The molecule has 90 valence electrons. The molecule has 0 saturated carbocycles. The third-order valence-electron chi connectivity index (χ3n) is 2.20. The Morgan fingerprint density at radius 3 is 2.69 bits per heavy atom. The summed E-state index contributed by atoms with van der Waals surface area (Å²) in [6.45, 7) is 4.87. The molecule has 0 aliphatic carbocycles. The van der Waals surface area contributed by atoms with Crippen LogP contribution in [0, 0.1) is 6.92 Å². The molecule has 1 atom stereocenters. The summed E-state index contributed by atoms with van der Waals surface area (Å²) in [6.07, 6.45) is 0. The molecule has 1 heterocycles. The largest absolute Gasteiger partial charge is 0.387 e. The molecule has 0 aliphatic rings. The van der Waals surface area contributed by atoms with Crippen molar-refractivity contribution in [2.45, 2.75) is 19.4 Å². The standard InChI is InChI=1S/C12H21N3O/c1-10-6-5-7-11(14-10)13-8-12(2,16)9-15(3)4/h5-7,16H,8-9H2,1-4H3,(H,13,14). The van der Waals surface area contributed by atoms with Crippen molar-refractivity contribution in [2.75, 3.05) is 32.5 Å². The Labute approximate surface area is 97.3 Å². The second kappa shape index (κ2) is 5.27. The van der Waals surface area contributed by atoms with Gasteiger partial charge in [0, 0.05) is 18.8 Å². The van der Waals surface area contributed by atoms with Gasteiger partial charge in [-0.05, 0) is 40.1 Å². The molecule has 0 aliphatic heterocycles. The maximum absolute atomic E-state index is 10.1. The van der Waals surface area contributed by atoms with Crippen molar-refractivity contribution in [1.82, 2.24) is 9.88 Å². The first kappa shape index (κ1) is 12.9. The first-order valence-corrected chi connectivity index (χ1v) is 5.44. The summed E-state index contributed by atoms with van der Waals surface area (Å²) in [6, 6.07) is 5.80. The number of hydrogen-bond donors (Lipinski definition) is 2. The number of aliphatic hydroxyl groups is 1. The topological polar surface area (TPSA) is 48.4 Å². The van der Waals surface area contributed by atoms with Crippen LogP contribution in [-0.2, 0) is 0 Å². The molecule has 1 rings (SSSR count). The number of nitrogens with zero attached hydrogens (tertiary/aromatic N) is 2. The van der Waals surface area contributed by atoms with Crippen LogP contribution in [0.3, 0.4) is 0 Å². The van der Waals surface area contributed by atoms with Gasteiger partial charge in [0.2, 0.25) is 0 Å². The van der Waals surface area contributed by atoms with Crippen LogP contribution in [0.1, 0.15) is 12.6 Å². The normalized spacial score (nSPS) is 14.9. The molecule has 0 radical (unpaired) electrons. The monoisotopic (exact) mass is 223 g/mol. The van der Waals surface area contributed by atoms with Crippen LogP contribution < -0.4 is 5.32 Å². The van der Waals surface area contributed by atoms with Crippen LogP contribution in [0.5, 0.6) is 0 Å². The van der Waals surface area contributed by atoms with Gasteiger partial charge in [-0.3, -0.25) is 0 Å². The third kappa shape index (κ3) is 4.59. The third-order valence-corrected chi connectivity index (χ3v) is 2.20. The lowest BCUT2D eigenvalue weighted by molar-refractivity contribution is 0.0459. The smallest absolute Gasteiger partial charge is 0.126 e. The molecule has 0 bridgehead atoms. The average Bonchev–Trinajstić information content (AvgIpc) is 2.13. The molecule has 0 amide bonds. The van der Waals surface area contributed by atoms with Gasteiger partial charge in [-0.15, -0.1) is 0 Å². The second-order valence-corrected chi connectivity index (χ2v) is 4.75. The Morgan fingerprint density at radius 2 is 2.12 bits per heavy atom. The lowest BCUT2D eigenvalue weighted by atomic mass is 10.1. The number of nitrogens with one attached hydrogen (secondary N) is 1. The molecule has 0 saturated heterocycles. The summed E-state index contributed by atoms with van der Waals surface area (Å²) in [5.74, 6) is 0.805. The van der Waals surface area contributed by atoms with E-state index in [-0.39, 0.29) is 0 Å². The fourth-order valence-corrected chi connectivity index (χ4v) is 1.66. The first-order valence-electron chi connectivity index (χ1n) is 5.44. The zero-order valence-electron chi connectivity index (χ0n) is 10.5. The molecule has 0 aromatic carbocycles. The minimum Gasteiger partial charge on any atom is -0.387 e. The van der Waals surface area contributed by atoms with Crippen LogP contribution in [0.4, 0.5) is 5.82 Å². The maximum Gasteiger partial charge on any atom is 0.126 e. The number of pyridine rings is 1. The van der Waals surface area contributed by atoms with Gasteiger partial charge in [0.05, 0.1) is 5.60 Å². The molecular weight excluding hydrogens is 202 g/mol. The number of aryl methyl sites for hydroxylation is 1. The van der Waals surface area contributed by atoms with Gasteiger partial charge >= 0.3 is 0 Å². The molecule has 1 aromatic rings. The maximum atomic E-state index is 10.1. The van der Waals surface area contributed by atoms with E-state index in [1.807, 2.05) is 51.0 Å². The van der Waals surface area contributed by atoms with E-state index < -0.39 is 5.60 Å². The first-order chi connectivity index (χ1) is 7.39. The summed E-state index contributed by atoms with van der Waals surface area (Å²) < 4.78 is 0. The van der Waals surface area contributed by atoms with Crippen molar-refractivity contribution in [3.8, 4) is 0 Å². The summed E-state index contributed by atoms with van der Waals surface area (Å²) in [5, 5.41) is 13.2. The van der Waals surface area contributed by atoms with Crippen LogP contribution in [-0.4, -0.2) is 47.8 Å². The molecule has 16 heavy (non-hydrogen) atoms.